The van der Waals surface area contributed by atoms with Crippen molar-refractivity contribution in [1.82, 2.24) is 50.3 Å². The number of likely N-dealkylation sites (tertiary alicyclic amines) is 2. The molecule has 4 aromatic rings. The van der Waals surface area contributed by atoms with Crippen molar-refractivity contribution in [3.05, 3.63) is 71.8 Å². The van der Waals surface area contributed by atoms with E-state index in [1.807, 2.05) is 12.1 Å². The number of ether oxygens (including phenoxy) is 2. The molecule has 4 aliphatic rings. The molecule has 0 saturated carbocycles. The van der Waals surface area contributed by atoms with Crippen molar-refractivity contribution in [2.24, 2.45) is 9.98 Å². The van der Waals surface area contributed by atoms with E-state index in [-0.39, 0.29) is 83.2 Å². The molecule has 8 rings (SSSR count). The van der Waals surface area contributed by atoms with Crippen molar-refractivity contribution in [3.63, 3.8) is 0 Å². The predicted molar refractivity (Wildman–Crippen MR) is 263 cm³/mol. The Hall–Kier alpha value is -6.14. The molecule has 0 spiro atoms. The Kier molecular flexibility index (Phi) is 14.9. The molecular weight excluding hydrogens is 861 g/mol. The highest BCUT2D eigenvalue weighted by molar-refractivity contribution is 6.27. The van der Waals surface area contributed by atoms with Gasteiger partial charge in [0.05, 0.1) is 12.4 Å². The highest BCUT2D eigenvalue weighted by atomic mass is 16.5. The molecule has 2 aromatic carbocycles. The monoisotopic (exact) mass is 929 g/mol. The molecule has 2 aromatic heterocycles. The fourth-order valence-corrected chi connectivity index (χ4v) is 10.8. The van der Waals surface area contributed by atoms with E-state index in [1.54, 1.807) is 9.80 Å². The minimum absolute atomic E-state index is 0.00399. The second kappa shape index (κ2) is 21.0. The summed E-state index contributed by atoms with van der Waals surface area (Å²) in [6, 6.07) is 21.0. The van der Waals surface area contributed by atoms with Crippen LogP contribution in [0.4, 0.5) is 23.8 Å². The van der Waals surface area contributed by atoms with Gasteiger partial charge in [-0.15, -0.1) is 0 Å². The number of carbonyl (C=O) groups is 2. The van der Waals surface area contributed by atoms with Gasteiger partial charge in [0.1, 0.15) is 13.2 Å². The zero-order valence-electron chi connectivity index (χ0n) is 40.5. The Morgan fingerprint density at radius 1 is 0.588 bits per heavy atom. The van der Waals surface area contributed by atoms with Gasteiger partial charge in [-0.05, 0) is 117 Å². The average Bonchev–Trinajstić information content (AvgIpc) is 4.02. The summed E-state index contributed by atoms with van der Waals surface area (Å²) in [6.07, 6.45) is 11.3. The summed E-state index contributed by atoms with van der Waals surface area (Å²) in [5.41, 5.74) is 1.73. The van der Waals surface area contributed by atoms with Crippen LogP contribution in [0.15, 0.2) is 70.6 Å². The van der Waals surface area contributed by atoms with Crippen molar-refractivity contribution in [2.75, 3.05) is 50.0 Å². The Balaban J connectivity index is 0.979. The quantitative estimate of drug-likeness (QED) is 0.0702. The van der Waals surface area contributed by atoms with Crippen LogP contribution in [0.5, 0.6) is 12.0 Å². The van der Waals surface area contributed by atoms with Crippen LogP contribution in [0, 0.1) is 0 Å². The van der Waals surface area contributed by atoms with Crippen LogP contribution in [-0.4, -0.2) is 138 Å². The molecule has 4 N–H and O–H groups in total. The van der Waals surface area contributed by atoms with Crippen LogP contribution in [0.1, 0.15) is 104 Å². The van der Waals surface area contributed by atoms with Gasteiger partial charge in [0.25, 0.3) is 23.7 Å². The lowest BCUT2D eigenvalue weighted by Gasteiger charge is -2.48. The molecule has 0 aliphatic carbocycles. The molecule has 362 valence electrons. The molecule has 6 heterocycles. The van der Waals surface area contributed by atoms with Crippen molar-refractivity contribution in [3.8, 4) is 12.0 Å². The maximum absolute atomic E-state index is 12.9. The van der Waals surface area contributed by atoms with Crippen LogP contribution in [0.3, 0.4) is 0 Å². The summed E-state index contributed by atoms with van der Waals surface area (Å²) >= 11 is 0. The van der Waals surface area contributed by atoms with Gasteiger partial charge in [-0.1, -0.05) is 60.7 Å². The lowest BCUT2D eigenvalue weighted by Crippen LogP contribution is -2.62. The number of carbonyl (C=O) groups excluding carboxylic acids is 2. The van der Waals surface area contributed by atoms with Crippen LogP contribution in [-0.2, 0) is 22.4 Å². The number of rotatable bonds is 17. The Morgan fingerprint density at radius 3 is 1.35 bits per heavy atom. The van der Waals surface area contributed by atoms with E-state index in [0.717, 1.165) is 64.2 Å². The summed E-state index contributed by atoms with van der Waals surface area (Å²) in [4.78, 5) is 65.7. The smallest absolute Gasteiger partial charge is 0.323 e. The number of hydrogen-bond donors (Lipinski definition) is 4. The molecule has 0 radical (unpaired) electrons. The first-order valence-electron chi connectivity index (χ1n) is 24.2. The summed E-state index contributed by atoms with van der Waals surface area (Å²) in [7, 11) is 0. The third-order valence-corrected chi connectivity index (χ3v) is 12.9. The molecule has 4 aliphatic heterocycles. The van der Waals surface area contributed by atoms with Gasteiger partial charge in [-0.2, -0.15) is 29.9 Å². The molecular formula is C50H68N14O4. The number of nitrogens with zero attached hydrogens (tertiary/aromatic N) is 10. The molecule has 4 saturated heterocycles. The number of aliphatic imine (C=N–C) groups is 2. The van der Waals surface area contributed by atoms with E-state index in [9.17, 15) is 9.59 Å². The zero-order valence-corrected chi connectivity index (χ0v) is 40.5. The molecule has 4 unspecified atom stereocenters. The van der Waals surface area contributed by atoms with Crippen LogP contribution in [0.25, 0.3) is 0 Å². The van der Waals surface area contributed by atoms with Crippen LogP contribution >= 0.6 is 0 Å². The maximum atomic E-state index is 12.9. The second-order valence-corrected chi connectivity index (χ2v) is 20.7. The molecule has 4 fully saturated rings. The molecule has 68 heavy (non-hydrogen) atoms. The lowest BCUT2D eigenvalue weighted by molar-refractivity contribution is -0.123. The summed E-state index contributed by atoms with van der Waals surface area (Å²) in [5.74, 6) is 0.303. The van der Waals surface area contributed by atoms with E-state index < -0.39 is 0 Å². The number of anilines is 2. The largest absolute Gasteiger partial charge is 0.460 e. The van der Waals surface area contributed by atoms with Crippen LogP contribution < -0.4 is 30.7 Å². The molecule has 2 amide bonds. The van der Waals surface area contributed by atoms with E-state index in [0.29, 0.717) is 38.1 Å². The van der Waals surface area contributed by atoms with Gasteiger partial charge >= 0.3 is 12.0 Å². The van der Waals surface area contributed by atoms with Crippen LogP contribution in [0.2, 0.25) is 0 Å². The number of benzene rings is 2. The maximum Gasteiger partial charge on any atom is 0.323 e. The Morgan fingerprint density at radius 2 is 0.971 bits per heavy atom. The van der Waals surface area contributed by atoms with Gasteiger partial charge < -0.3 is 40.5 Å². The first-order chi connectivity index (χ1) is 32.6. The highest BCUT2D eigenvalue weighted by Gasteiger charge is 2.42. The summed E-state index contributed by atoms with van der Waals surface area (Å²) in [6.45, 7) is 16.1. The summed E-state index contributed by atoms with van der Waals surface area (Å²) < 4.78 is 12.2. The first kappa shape index (κ1) is 48.3. The van der Waals surface area contributed by atoms with Crippen molar-refractivity contribution >= 4 is 48.0 Å². The van der Waals surface area contributed by atoms with Gasteiger partial charge in [0, 0.05) is 60.4 Å². The molecule has 18 heteroatoms. The molecule has 4 atom stereocenters. The average molecular weight is 929 g/mol. The van der Waals surface area contributed by atoms with Crippen molar-refractivity contribution in [1.29, 1.82) is 0 Å². The number of nitrogens with one attached hydrogen (secondary N) is 4. The number of amides is 2. The van der Waals surface area contributed by atoms with Gasteiger partial charge in [-0.3, -0.25) is 9.59 Å². The first-order valence-corrected chi connectivity index (χ1v) is 24.2. The highest BCUT2D eigenvalue weighted by Crippen LogP contribution is 2.35. The minimum atomic E-state index is -0.209. The topological polar surface area (TPSA) is 209 Å². The number of hydrogen-bond acceptors (Lipinski definition) is 16. The third-order valence-electron chi connectivity index (χ3n) is 12.9. The van der Waals surface area contributed by atoms with E-state index in [1.165, 1.54) is 23.6 Å². The minimum Gasteiger partial charge on any atom is -0.460 e. The van der Waals surface area contributed by atoms with E-state index in [4.69, 9.17) is 9.47 Å². The molecule has 18 nitrogen and oxygen atoms in total. The SMILES string of the molecule is CC1(C)CC(Nc2nc(/N=C/C(=O)N3CCCC3)nc(OCCOc3nc(/N=C/C(=O)N4CCCC4)nc(NC4CC(C)(C)NC(C)(Cc5ccccc5)C4)n3)n2)CC(C)(Cc2ccccc2)N1. The fourth-order valence-electron chi connectivity index (χ4n) is 10.8. The van der Waals surface area contributed by atoms with E-state index >= 15 is 0 Å². The van der Waals surface area contributed by atoms with Crippen molar-refractivity contribution in [2.45, 2.75) is 140 Å². The zero-order chi connectivity index (χ0) is 47.8. The van der Waals surface area contributed by atoms with Gasteiger partial charge in [0.15, 0.2) is 0 Å². The third kappa shape index (κ3) is 13.7. The Bertz CT molecular complexity index is 2240. The summed E-state index contributed by atoms with van der Waals surface area (Å²) in [5, 5.41) is 14.9. The van der Waals surface area contributed by atoms with E-state index in [2.05, 4.69) is 151 Å². The van der Waals surface area contributed by atoms with Crippen molar-refractivity contribution < 1.29 is 19.1 Å². The van der Waals surface area contributed by atoms with Gasteiger partial charge in [0.2, 0.25) is 11.9 Å². The Labute approximate surface area is 400 Å². The fraction of sp³-hybridized carbons (Fsp3) is 0.560. The number of piperidine rings is 2. The van der Waals surface area contributed by atoms with Gasteiger partial charge in [-0.25, -0.2) is 9.98 Å². The standard InChI is InChI=1S/C50H68N14O4/c1-47(2)29-37(31-49(5,61-47)27-35-17-9-7-10-18-35)53-43-55-41(51-33-39(65)63-21-13-14-22-63)57-45(59-43)67-25-26-68-46-58-42(52-34-40(66)64-23-15-16-24-64)56-44(60-46)54-38-30-48(3,4)62-50(6,32-38)28-36-19-11-8-12-20-36/h7-12,17-20,33-34,37-38,61-62H,13-16,21-32H2,1-6H3,(H,53,55,57,59)(H,54,56,58,60)/b51-33+,52-34+. The lowest BCUT2D eigenvalue weighted by atomic mass is 9.76. The second-order valence-electron chi connectivity index (χ2n) is 20.7. The normalized spacial score (nSPS) is 24.6. The predicted octanol–water partition coefficient (Wildman–Crippen LogP) is 6.05. The molecule has 0 bridgehead atoms. The number of aromatic nitrogens is 6.